The van der Waals surface area contributed by atoms with E-state index in [1.807, 2.05) is 19.1 Å². The van der Waals surface area contributed by atoms with Crippen molar-refractivity contribution < 1.29 is 23.5 Å². The largest absolute Gasteiger partial charge is 0.493 e. The molecule has 0 aliphatic rings. The maximum atomic E-state index is 12.0. The minimum absolute atomic E-state index is 0.00424. The average Bonchev–Trinajstić information content (AvgIpc) is 2.76. The van der Waals surface area contributed by atoms with E-state index >= 15 is 0 Å². The fourth-order valence-corrected chi connectivity index (χ4v) is 3.31. The van der Waals surface area contributed by atoms with Crippen LogP contribution >= 0.6 is 21.1 Å². The van der Waals surface area contributed by atoms with Gasteiger partial charge in [0.15, 0.2) is 18.3 Å². The van der Waals surface area contributed by atoms with Gasteiger partial charge in [-0.3, -0.25) is 9.78 Å². The van der Waals surface area contributed by atoms with E-state index in [0.717, 1.165) is 16.8 Å². The third kappa shape index (κ3) is 6.96. The van der Waals surface area contributed by atoms with Gasteiger partial charge in [-0.1, -0.05) is 23.7 Å². The molecule has 0 aliphatic heterocycles. The predicted molar refractivity (Wildman–Crippen MR) is 124 cm³/mol. The van der Waals surface area contributed by atoms with Crippen molar-refractivity contribution in [3.05, 3.63) is 71.3 Å². The Morgan fingerprint density at radius 1 is 1.26 bits per heavy atom. The Hall–Kier alpha value is -2.60. The van der Waals surface area contributed by atoms with Crippen LogP contribution in [0.2, 0.25) is 0 Å². The Morgan fingerprint density at radius 3 is 2.61 bits per heavy atom. The van der Waals surface area contributed by atoms with Gasteiger partial charge in [0, 0.05) is 39.4 Å². The lowest BCUT2D eigenvalue weighted by Crippen LogP contribution is -2.27. The molecule has 1 N–H and O–H groups in total. The molecular weight excluding hydrogens is 439 g/mol. The second-order valence-corrected chi connectivity index (χ2v) is 7.19. The van der Waals surface area contributed by atoms with Crippen molar-refractivity contribution in [2.45, 2.75) is 19.9 Å². The van der Waals surface area contributed by atoms with Gasteiger partial charge in [-0.05, 0) is 36.8 Å². The molecule has 0 saturated carbocycles. The molecule has 2 rings (SSSR count). The van der Waals surface area contributed by atoms with Crippen molar-refractivity contribution in [2.24, 2.45) is 0 Å². The van der Waals surface area contributed by atoms with Crippen LogP contribution in [0.3, 0.4) is 0 Å². The first kappa shape index (κ1) is 24.7. The number of carbonyl (C=O) groups is 1. The third-order valence-electron chi connectivity index (χ3n) is 4.33. The van der Waals surface area contributed by atoms with Gasteiger partial charge in [-0.15, -0.1) is 0 Å². The van der Waals surface area contributed by atoms with Crippen LogP contribution in [0.4, 0.5) is 0 Å². The molecule has 7 nitrogen and oxygen atoms in total. The monoisotopic (exact) mass is 464 g/mol. The normalized spacial score (nSPS) is 12.8. The number of carbonyl (C=O) groups excluding carboxylic acids is 1. The number of nitrogens with zero attached hydrogens (tertiary/aromatic N) is 1. The lowest BCUT2D eigenvalue weighted by molar-refractivity contribution is -0.119. The Bertz CT molecular complexity index is 965. The van der Waals surface area contributed by atoms with E-state index in [1.54, 1.807) is 44.7 Å². The Labute approximate surface area is 189 Å². The number of hydrogen-bond acceptors (Lipinski definition) is 6. The minimum atomic E-state index is -0.576. The van der Waals surface area contributed by atoms with Crippen LogP contribution in [-0.4, -0.2) is 31.9 Å². The Kier molecular flexibility index (Phi) is 9.79. The molecule has 0 saturated heterocycles. The summed E-state index contributed by atoms with van der Waals surface area (Å²) in [5.74, 6) is 0.878. The average molecular weight is 465 g/mol. The number of methoxy groups -OCH3 is 2. The van der Waals surface area contributed by atoms with Gasteiger partial charge in [-0.25, -0.2) is 0 Å². The molecule has 1 amide bonds. The number of benzene rings is 1. The number of ether oxygens (including phenoxy) is 3. The van der Waals surface area contributed by atoms with Gasteiger partial charge < -0.3 is 24.1 Å². The number of rotatable bonds is 10. The second kappa shape index (κ2) is 12.3. The molecule has 2 atom stereocenters. The number of halogens is 1. The summed E-state index contributed by atoms with van der Waals surface area (Å²) in [6.45, 7) is 3.31. The number of amides is 1. The molecule has 31 heavy (non-hydrogen) atoms. The van der Waals surface area contributed by atoms with E-state index in [9.17, 15) is 4.79 Å². The maximum absolute atomic E-state index is 12.0. The van der Waals surface area contributed by atoms with Crippen LogP contribution in [0, 0.1) is 6.92 Å². The molecule has 0 radical (unpaired) electrons. The van der Waals surface area contributed by atoms with Crippen molar-refractivity contribution in [2.75, 3.05) is 21.0 Å². The molecule has 1 aromatic carbocycles. The van der Waals surface area contributed by atoms with Crippen molar-refractivity contribution in [1.29, 1.82) is 0 Å². The zero-order valence-corrected chi connectivity index (χ0v) is 19.8. The highest BCUT2D eigenvalue weighted by Gasteiger charge is 2.20. The molecular formula is C22H26ClN2O5P. The molecule has 166 valence electrons. The number of aromatic nitrogens is 1. The summed E-state index contributed by atoms with van der Waals surface area (Å²) in [4.78, 5) is 16.3. The maximum Gasteiger partial charge on any atom is 0.217 e. The van der Waals surface area contributed by atoms with Crippen LogP contribution in [-0.2, 0) is 14.1 Å². The zero-order chi connectivity index (χ0) is 22.8. The van der Waals surface area contributed by atoms with Gasteiger partial charge in [0.05, 0.1) is 31.6 Å². The number of nitrogens with one attached hydrogen (secondary N) is 1. The molecule has 2 aromatic rings. The Morgan fingerprint density at radius 2 is 2.00 bits per heavy atom. The van der Waals surface area contributed by atoms with Crippen LogP contribution in [0.15, 0.2) is 54.4 Å². The second-order valence-electron chi connectivity index (χ2n) is 6.45. The van der Waals surface area contributed by atoms with Crippen LogP contribution in [0.5, 0.6) is 11.5 Å². The molecule has 0 aliphatic carbocycles. The molecule has 1 aromatic heterocycles. The topological polar surface area (TPSA) is 78.9 Å². The smallest absolute Gasteiger partial charge is 0.217 e. The molecule has 2 unspecified atom stereocenters. The summed E-state index contributed by atoms with van der Waals surface area (Å²) in [6, 6.07) is 8.49. The molecule has 0 spiro atoms. The molecule has 0 fully saturated rings. The van der Waals surface area contributed by atoms with E-state index in [2.05, 4.69) is 19.8 Å². The van der Waals surface area contributed by atoms with Crippen LogP contribution in [0.25, 0.3) is 5.03 Å². The summed E-state index contributed by atoms with van der Waals surface area (Å²) in [7, 11) is 5.22. The predicted octanol–water partition coefficient (Wildman–Crippen LogP) is 4.53. The van der Waals surface area contributed by atoms with Gasteiger partial charge >= 0.3 is 0 Å². The quantitative estimate of drug-likeness (QED) is 0.183. The lowest BCUT2D eigenvalue weighted by atomic mass is 9.97. The highest BCUT2D eigenvalue weighted by Crippen LogP contribution is 2.34. The van der Waals surface area contributed by atoms with Crippen molar-refractivity contribution >= 4 is 32.0 Å². The SMILES string of the molecule is COc1ccc(C(NC(C)=O)C(=C\OCOP)/C=C(/Cl)c2cccnc2C)cc1OC. The van der Waals surface area contributed by atoms with Crippen LogP contribution in [0.1, 0.15) is 29.8 Å². The van der Waals surface area contributed by atoms with E-state index < -0.39 is 6.04 Å². The summed E-state index contributed by atoms with van der Waals surface area (Å²) in [6.07, 6.45) is 4.92. The van der Waals surface area contributed by atoms with E-state index in [0.29, 0.717) is 22.1 Å². The first-order chi connectivity index (χ1) is 14.9. The number of hydrogen-bond donors (Lipinski definition) is 1. The van der Waals surface area contributed by atoms with Crippen molar-refractivity contribution in [3.63, 3.8) is 0 Å². The van der Waals surface area contributed by atoms with Crippen LogP contribution < -0.4 is 14.8 Å². The molecule has 0 bridgehead atoms. The van der Waals surface area contributed by atoms with Gasteiger partial charge in [0.1, 0.15) is 0 Å². The standard InChI is InChI=1S/C22H26ClN2O5P/c1-14-18(6-5-9-24-14)19(23)10-17(12-29-13-30-31)22(25-15(2)26)16-7-8-20(27-3)21(11-16)28-4/h5-12,22H,13,31H2,1-4H3,(H,25,26)/b17-12-,19-10+. The van der Waals surface area contributed by atoms with Gasteiger partial charge in [0.2, 0.25) is 5.91 Å². The first-order valence-corrected chi connectivity index (χ1v) is 10.2. The summed E-state index contributed by atoms with van der Waals surface area (Å²) >= 11 is 6.63. The lowest BCUT2D eigenvalue weighted by Gasteiger charge is -2.21. The highest BCUT2D eigenvalue weighted by atomic mass is 35.5. The van der Waals surface area contributed by atoms with Crippen molar-refractivity contribution in [3.8, 4) is 11.5 Å². The number of aryl methyl sites for hydroxylation is 1. The summed E-state index contributed by atoms with van der Waals surface area (Å²) < 4.78 is 21.1. The van der Waals surface area contributed by atoms with E-state index in [-0.39, 0.29) is 12.7 Å². The van der Waals surface area contributed by atoms with Gasteiger partial charge in [-0.2, -0.15) is 0 Å². The molecule has 9 heteroatoms. The van der Waals surface area contributed by atoms with E-state index in [1.165, 1.54) is 13.2 Å². The molecule has 1 heterocycles. The summed E-state index contributed by atoms with van der Waals surface area (Å²) in [5, 5.41) is 3.38. The fourth-order valence-electron chi connectivity index (χ4n) is 2.91. The third-order valence-corrected chi connectivity index (χ3v) is 4.78. The highest BCUT2D eigenvalue weighted by molar-refractivity contribution is 7.09. The minimum Gasteiger partial charge on any atom is -0.493 e. The van der Waals surface area contributed by atoms with Crippen molar-refractivity contribution in [1.82, 2.24) is 10.3 Å². The summed E-state index contributed by atoms with van der Waals surface area (Å²) in [5.41, 5.74) is 2.89. The Balaban J connectivity index is 2.57. The zero-order valence-electron chi connectivity index (χ0n) is 17.8. The van der Waals surface area contributed by atoms with Gasteiger partial charge in [0.25, 0.3) is 0 Å². The fraction of sp³-hybridized carbons (Fsp3) is 0.273. The van der Waals surface area contributed by atoms with E-state index in [4.69, 9.17) is 30.3 Å². The first-order valence-electron chi connectivity index (χ1n) is 9.32. The number of pyridine rings is 1.